The van der Waals surface area contributed by atoms with Gasteiger partial charge in [0.15, 0.2) is 11.5 Å². The van der Waals surface area contributed by atoms with Gasteiger partial charge in [-0.15, -0.1) is 0 Å². The molecule has 4 N–H and O–H groups in total. The highest BCUT2D eigenvalue weighted by Crippen LogP contribution is 2.31. The standard InChI is InChI=1S/C28H30F10N2O8/c1-27(2,3)47-25(43)39-9(7-45-23-17(35)13(31)11(29)14(32)18(23)36)21(41)22(42)10(40-26(44)48-28(4,5)6)8-46-24-19(37)15(33)12(30)16(34)20(24)38/h9-10,21-22,41-42H,7-8H2,1-6H3,(H,39,43)(H,40,44)/t9-,10-,21+,22+/m0/s1. The number of aliphatic hydroxyl groups is 2. The summed E-state index contributed by atoms with van der Waals surface area (Å²) in [6.45, 7) is 5.43. The predicted molar refractivity (Wildman–Crippen MR) is 142 cm³/mol. The minimum Gasteiger partial charge on any atom is -0.485 e. The second kappa shape index (κ2) is 15.3. The van der Waals surface area contributed by atoms with Crippen molar-refractivity contribution in [3.8, 4) is 11.5 Å². The first-order chi connectivity index (χ1) is 21.9. The summed E-state index contributed by atoms with van der Waals surface area (Å²) in [7, 11) is 0. The monoisotopic (exact) mass is 712 g/mol. The van der Waals surface area contributed by atoms with E-state index in [2.05, 4.69) is 9.47 Å². The van der Waals surface area contributed by atoms with Gasteiger partial charge in [0, 0.05) is 0 Å². The molecule has 48 heavy (non-hydrogen) atoms. The summed E-state index contributed by atoms with van der Waals surface area (Å²) in [5, 5.41) is 25.8. The number of carbonyl (C=O) groups excluding carboxylic acids is 2. The van der Waals surface area contributed by atoms with E-state index in [4.69, 9.17) is 9.47 Å². The average Bonchev–Trinajstić information content (AvgIpc) is 2.97. The van der Waals surface area contributed by atoms with Crippen molar-refractivity contribution < 1.29 is 82.7 Å². The van der Waals surface area contributed by atoms with Crippen molar-refractivity contribution in [1.82, 2.24) is 10.6 Å². The lowest BCUT2D eigenvalue weighted by Gasteiger charge is -2.33. The molecule has 2 aromatic rings. The molecule has 270 valence electrons. The van der Waals surface area contributed by atoms with E-state index >= 15 is 0 Å². The molecule has 0 spiro atoms. The summed E-state index contributed by atoms with van der Waals surface area (Å²) >= 11 is 0. The molecule has 4 atom stereocenters. The molecule has 2 rings (SSSR count). The summed E-state index contributed by atoms with van der Waals surface area (Å²) < 4.78 is 158. The molecule has 0 saturated heterocycles. The van der Waals surface area contributed by atoms with Gasteiger partial charge >= 0.3 is 12.2 Å². The van der Waals surface area contributed by atoms with E-state index in [9.17, 15) is 63.7 Å². The molecule has 0 fully saturated rings. The fourth-order valence-corrected chi connectivity index (χ4v) is 3.61. The third-order valence-electron chi connectivity index (χ3n) is 5.73. The molecule has 0 radical (unpaired) electrons. The van der Waals surface area contributed by atoms with Crippen molar-refractivity contribution in [3.05, 3.63) is 58.2 Å². The van der Waals surface area contributed by atoms with E-state index < -0.39 is 131 Å². The zero-order chi connectivity index (χ0) is 37.0. The minimum atomic E-state index is -2.54. The molecule has 0 heterocycles. The summed E-state index contributed by atoms with van der Waals surface area (Å²) in [5.41, 5.74) is -2.47. The van der Waals surface area contributed by atoms with Crippen molar-refractivity contribution in [2.75, 3.05) is 13.2 Å². The Balaban J connectivity index is 2.51. The van der Waals surface area contributed by atoms with Crippen LogP contribution < -0.4 is 20.1 Å². The van der Waals surface area contributed by atoms with Crippen molar-refractivity contribution in [3.63, 3.8) is 0 Å². The number of alkyl carbamates (subject to hydrolysis) is 2. The minimum absolute atomic E-state index is 1.23. The Bertz CT molecular complexity index is 1350. The van der Waals surface area contributed by atoms with Crippen LogP contribution in [0.1, 0.15) is 41.5 Å². The van der Waals surface area contributed by atoms with Gasteiger partial charge in [-0.25, -0.2) is 35.9 Å². The molecule has 0 aliphatic carbocycles. The van der Waals surface area contributed by atoms with Crippen molar-refractivity contribution >= 4 is 12.2 Å². The highest BCUT2D eigenvalue weighted by Gasteiger charge is 2.38. The lowest BCUT2D eigenvalue weighted by Crippen LogP contribution is -2.59. The van der Waals surface area contributed by atoms with E-state index in [-0.39, 0.29) is 0 Å². The lowest BCUT2D eigenvalue weighted by molar-refractivity contribution is -0.0439. The quantitative estimate of drug-likeness (QED) is 0.145. The van der Waals surface area contributed by atoms with Gasteiger partial charge in [0.2, 0.25) is 58.2 Å². The van der Waals surface area contributed by atoms with E-state index in [0.29, 0.717) is 0 Å². The van der Waals surface area contributed by atoms with Gasteiger partial charge in [-0.05, 0) is 41.5 Å². The molecule has 0 bridgehead atoms. The largest absolute Gasteiger partial charge is 0.485 e. The zero-order valence-corrected chi connectivity index (χ0v) is 25.8. The summed E-state index contributed by atoms with van der Waals surface area (Å²) in [4.78, 5) is 25.0. The van der Waals surface area contributed by atoms with Gasteiger partial charge in [0.1, 0.15) is 36.6 Å². The molecule has 2 amide bonds. The lowest BCUT2D eigenvalue weighted by atomic mass is 9.99. The summed E-state index contributed by atoms with van der Waals surface area (Å²) in [6.07, 6.45) is -7.87. The van der Waals surface area contributed by atoms with E-state index in [0.717, 1.165) is 0 Å². The first-order valence-corrected chi connectivity index (χ1v) is 13.5. The second-order valence-electron chi connectivity index (χ2n) is 11.9. The molecule has 20 heteroatoms. The van der Waals surface area contributed by atoms with Crippen molar-refractivity contribution in [2.45, 2.75) is 77.0 Å². The van der Waals surface area contributed by atoms with Crippen LogP contribution in [0.3, 0.4) is 0 Å². The number of nitrogens with one attached hydrogen (secondary N) is 2. The highest BCUT2D eigenvalue weighted by atomic mass is 19.2. The van der Waals surface area contributed by atoms with Gasteiger partial charge in [-0.3, -0.25) is 0 Å². The van der Waals surface area contributed by atoms with E-state index in [1.54, 1.807) is 0 Å². The van der Waals surface area contributed by atoms with Crippen LogP contribution in [-0.2, 0) is 9.47 Å². The Labute approximate surface area is 265 Å². The Morgan fingerprint density at radius 2 is 0.750 bits per heavy atom. The number of amides is 2. The van der Waals surface area contributed by atoms with E-state index in [1.165, 1.54) is 41.5 Å². The number of halogens is 10. The molecule has 0 aromatic heterocycles. The maximum atomic E-state index is 14.2. The first-order valence-electron chi connectivity index (χ1n) is 13.5. The Morgan fingerprint density at radius 3 is 0.979 bits per heavy atom. The number of benzene rings is 2. The fraction of sp³-hybridized carbons (Fsp3) is 0.500. The Hall–Kier alpha value is -4.20. The zero-order valence-electron chi connectivity index (χ0n) is 25.8. The summed E-state index contributed by atoms with van der Waals surface area (Å²) in [6, 6.07) is -4.27. The SMILES string of the molecule is CC(C)(C)OC(=O)N[C@@H](COc1c(F)c(F)c(F)c(F)c1F)[C@@H](O)[C@H](O)[C@H](COc1c(F)c(F)c(F)c(F)c1F)NC(=O)OC(C)(C)C. The van der Waals surface area contributed by atoms with Gasteiger partial charge < -0.3 is 39.8 Å². The van der Waals surface area contributed by atoms with Crippen molar-refractivity contribution in [2.24, 2.45) is 0 Å². The summed E-state index contributed by atoms with van der Waals surface area (Å²) in [5.74, 6) is -28.4. The maximum absolute atomic E-state index is 14.2. The first kappa shape index (κ1) is 40.0. The average molecular weight is 713 g/mol. The molecule has 0 saturated carbocycles. The molecular weight excluding hydrogens is 682 g/mol. The van der Waals surface area contributed by atoms with Gasteiger partial charge in [-0.1, -0.05) is 0 Å². The van der Waals surface area contributed by atoms with Crippen LogP contribution in [0.2, 0.25) is 0 Å². The molecule has 2 aromatic carbocycles. The van der Waals surface area contributed by atoms with Crippen LogP contribution >= 0.6 is 0 Å². The highest BCUT2D eigenvalue weighted by molar-refractivity contribution is 5.69. The number of rotatable bonds is 11. The number of ether oxygens (including phenoxy) is 4. The topological polar surface area (TPSA) is 136 Å². The van der Waals surface area contributed by atoms with E-state index in [1.807, 2.05) is 10.6 Å². The number of carbonyl (C=O) groups is 2. The van der Waals surface area contributed by atoms with Crippen LogP contribution in [0, 0.1) is 58.2 Å². The predicted octanol–water partition coefficient (Wildman–Crippen LogP) is 5.04. The Morgan fingerprint density at radius 1 is 0.521 bits per heavy atom. The molecule has 0 aliphatic rings. The van der Waals surface area contributed by atoms with Crippen LogP contribution in [-0.4, -0.2) is 71.1 Å². The normalized spacial score (nSPS) is 14.5. The van der Waals surface area contributed by atoms with Crippen LogP contribution in [0.25, 0.3) is 0 Å². The Kier molecular flexibility index (Phi) is 12.8. The van der Waals surface area contributed by atoms with Crippen LogP contribution in [0.15, 0.2) is 0 Å². The fourth-order valence-electron chi connectivity index (χ4n) is 3.61. The van der Waals surface area contributed by atoms with Gasteiger partial charge in [-0.2, -0.15) is 17.6 Å². The van der Waals surface area contributed by atoms with Crippen LogP contribution in [0.5, 0.6) is 11.5 Å². The molecule has 10 nitrogen and oxygen atoms in total. The van der Waals surface area contributed by atoms with Crippen LogP contribution in [0.4, 0.5) is 53.5 Å². The number of aliphatic hydroxyl groups excluding tert-OH is 2. The van der Waals surface area contributed by atoms with Crippen molar-refractivity contribution in [1.29, 1.82) is 0 Å². The second-order valence-corrected chi connectivity index (χ2v) is 11.9. The number of hydrogen-bond acceptors (Lipinski definition) is 8. The maximum Gasteiger partial charge on any atom is 0.408 e. The number of hydrogen-bond donors (Lipinski definition) is 4. The molecular formula is C28H30F10N2O8. The third-order valence-corrected chi connectivity index (χ3v) is 5.73. The molecule has 0 unspecified atom stereocenters. The smallest absolute Gasteiger partial charge is 0.408 e. The molecule has 0 aliphatic heterocycles. The van der Waals surface area contributed by atoms with Gasteiger partial charge in [0.25, 0.3) is 0 Å². The van der Waals surface area contributed by atoms with Gasteiger partial charge in [0.05, 0.1) is 12.1 Å². The third kappa shape index (κ3) is 9.91.